The number of nitrogens with one attached hydrogen (secondary N) is 1. The number of aromatic nitrogens is 1. The second-order valence-corrected chi connectivity index (χ2v) is 4.50. The molecule has 0 spiro atoms. The van der Waals surface area contributed by atoms with Crippen molar-refractivity contribution in [1.29, 1.82) is 0 Å². The molecule has 0 saturated carbocycles. The number of hydrogen-bond donors (Lipinski definition) is 3. The third-order valence-electron chi connectivity index (χ3n) is 3.04. The number of nitrogens with two attached hydrogens (primary N) is 2. The minimum Gasteiger partial charge on any atom is -0.383 e. The van der Waals surface area contributed by atoms with Gasteiger partial charge in [-0.15, -0.1) is 0 Å². The van der Waals surface area contributed by atoms with Gasteiger partial charge in [0.2, 0.25) is 0 Å². The lowest BCUT2D eigenvalue weighted by Gasteiger charge is -2.18. The summed E-state index contributed by atoms with van der Waals surface area (Å²) in [6.45, 7) is 1.92. The molecule has 19 heavy (non-hydrogen) atoms. The molecule has 100 valence electrons. The Morgan fingerprint density at radius 3 is 2.79 bits per heavy atom. The van der Waals surface area contributed by atoms with Gasteiger partial charge in [-0.25, -0.2) is 9.37 Å². The lowest BCUT2D eigenvalue weighted by Crippen LogP contribution is -2.30. The van der Waals surface area contributed by atoms with Crippen molar-refractivity contribution in [3.8, 4) is 0 Å². The molecule has 0 radical (unpaired) electrons. The third-order valence-corrected chi connectivity index (χ3v) is 3.04. The SMILES string of the molecule is Cc1cnc(N)c(C(Cc2ccccc2F)NN)c1. The zero-order valence-corrected chi connectivity index (χ0v) is 10.7. The maximum absolute atomic E-state index is 13.7. The molecule has 0 amide bonds. The number of halogens is 1. The van der Waals surface area contributed by atoms with Crippen LogP contribution in [0.1, 0.15) is 22.7 Å². The first-order valence-corrected chi connectivity index (χ1v) is 6.03. The van der Waals surface area contributed by atoms with Gasteiger partial charge >= 0.3 is 0 Å². The van der Waals surface area contributed by atoms with E-state index >= 15 is 0 Å². The van der Waals surface area contributed by atoms with E-state index in [0.29, 0.717) is 17.8 Å². The summed E-state index contributed by atoms with van der Waals surface area (Å²) in [7, 11) is 0. The van der Waals surface area contributed by atoms with Crippen molar-refractivity contribution < 1.29 is 4.39 Å². The van der Waals surface area contributed by atoms with E-state index in [1.165, 1.54) is 6.07 Å². The summed E-state index contributed by atoms with van der Waals surface area (Å²) >= 11 is 0. The zero-order valence-electron chi connectivity index (χ0n) is 10.7. The van der Waals surface area contributed by atoms with Gasteiger partial charge in [0.05, 0.1) is 6.04 Å². The van der Waals surface area contributed by atoms with E-state index in [1.807, 2.05) is 13.0 Å². The second-order valence-electron chi connectivity index (χ2n) is 4.50. The van der Waals surface area contributed by atoms with Gasteiger partial charge < -0.3 is 5.73 Å². The quantitative estimate of drug-likeness (QED) is 0.579. The monoisotopic (exact) mass is 260 g/mol. The molecule has 2 aromatic rings. The first-order valence-electron chi connectivity index (χ1n) is 6.03. The highest BCUT2D eigenvalue weighted by Gasteiger charge is 2.16. The third kappa shape index (κ3) is 3.07. The van der Waals surface area contributed by atoms with Gasteiger partial charge in [0, 0.05) is 11.8 Å². The first-order chi connectivity index (χ1) is 9.11. The highest BCUT2D eigenvalue weighted by Crippen LogP contribution is 2.23. The molecule has 1 unspecified atom stereocenters. The molecule has 0 saturated heterocycles. The highest BCUT2D eigenvalue weighted by molar-refractivity contribution is 5.43. The highest BCUT2D eigenvalue weighted by atomic mass is 19.1. The molecule has 2 rings (SSSR count). The van der Waals surface area contributed by atoms with Crippen LogP contribution in [0, 0.1) is 12.7 Å². The molecular formula is C14H17FN4. The summed E-state index contributed by atoms with van der Waals surface area (Å²) < 4.78 is 13.7. The zero-order chi connectivity index (χ0) is 13.8. The van der Waals surface area contributed by atoms with Crippen LogP contribution in [0.4, 0.5) is 10.2 Å². The summed E-state index contributed by atoms with van der Waals surface area (Å²) in [5.41, 5.74) is 10.9. The molecule has 1 atom stereocenters. The van der Waals surface area contributed by atoms with E-state index in [4.69, 9.17) is 11.6 Å². The summed E-state index contributed by atoms with van der Waals surface area (Å²) in [5, 5.41) is 0. The van der Waals surface area contributed by atoms with Crippen molar-refractivity contribution in [2.24, 2.45) is 5.84 Å². The Hall–Kier alpha value is -1.98. The maximum Gasteiger partial charge on any atom is 0.128 e. The van der Waals surface area contributed by atoms with Crippen molar-refractivity contribution in [3.05, 3.63) is 59.0 Å². The maximum atomic E-state index is 13.7. The first kappa shape index (κ1) is 13.5. The standard InChI is InChI=1S/C14H17FN4/c1-9-6-11(14(16)18-8-9)13(19-17)7-10-4-2-3-5-12(10)15/h2-6,8,13,19H,7,17H2,1H3,(H2,16,18). The molecule has 1 aromatic heterocycles. The summed E-state index contributed by atoms with van der Waals surface area (Å²) in [6.07, 6.45) is 2.11. The lowest BCUT2D eigenvalue weighted by molar-refractivity contribution is 0.529. The number of benzene rings is 1. The minimum absolute atomic E-state index is 0.248. The lowest BCUT2D eigenvalue weighted by atomic mass is 9.98. The molecule has 1 aromatic carbocycles. The van der Waals surface area contributed by atoms with Crippen molar-refractivity contribution in [2.75, 3.05) is 5.73 Å². The smallest absolute Gasteiger partial charge is 0.128 e. The average molecular weight is 260 g/mol. The second kappa shape index (κ2) is 5.77. The van der Waals surface area contributed by atoms with E-state index in [-0.39, 0.29) is 11.9 Å². The molecule has 0 fully saturated rings. The van der Waals surface area contributed by atoms with Crippen LogP contribution in [-0.4, -0.2) is 4.98 Å². The molecule has 1 heterocycles. The van der Waals surface area contributed by atoms with E-state index in [9.17, 15) is 4.39 Å². The van der Waals surface area contributed by atoms with Crippen LogP contribution in [0.5, 0.6) is 0 Å². The Balaban J connectivity index is 2.30. The van der Waals surface area contributed by atoms with Gasteiger partial charge in [0.15, 0.2) is 0 Å². The van der Waals surface area contributed by atoms with Crippen LogP contribution in [0.3, 0.4) is 0 Å². The van der Waals surface area contributed by atoms with Crippen LogP contribution in [0.25, 0.3) is 0 Å². The van der Waals surface area contributed by atoms with Gasteiger partial charge in [-0.3, -0.25) is 11.3 Å². The van der Waals surface area contributed by atoms with Crippen LogP contribution in [-0.2, 0) is 6.42 Å². The van der Waals surface area contributed by atoms with E-state index in [1.54, 1.807) is 24.4 Å². The van der Waals surface area contributed by atoms with Crippen molar-refractivity contribution >= 4 is 5.82 Å². The largest absolute Gasteiger partial charge is 0.383 e. The number of hydrazine groups is 1. The molecule has 5 heteroatoms. The Morgan fingerprint density at radius 1 is 1.37 bits per heavy atom. The predicted octanol–water partition coefficient (Wildman–Crippen LogP) is 1.86. The Bertz CT molecular complexity index is 571. The van der Waals surface area contributed by atoms with Gasteiger partial charge in [0.25, 0.3) is 0 Å². The molecular weight excluding hydrogens is 243 g/mol. The molecule has 0 aliphatic carbocycles. The van der Waals surface area contributed by atoms with Crippen LogP contribution >= 0.6 is 0 Å². The summed E-state index contributed by atoms with van der Waals surface area (Å²) in [4.78, 5) is 4.10. The van der Waals surface area contributed by atoms with Crippen LogP contribution in [0.2, 0.25) is 0 Å². The van der Waals surface area contributed by atoms with Gasteiger partial charge in [-0.2, -0.15) is 0 Å². The minimum atomic E-state index is -0.274. The number of nitrogens with zero attached hydrogens (tertiary/aromatic N) is 1. The Labute approximate surface area is 111 Å². The van der Waals surface area contributed by atoms with E-state index < -0.39 is 0 Å². The predicted molar refractivity (Wildman–Crippen MR) is 73.6 cm³/mol. The fraction of sp³-hybridized carbons (Fsp3) is 0.214. The van der Waals surface area contributed by atoms with Crippen molar-refractivity contribution in [1.82, 2.24) is 10.4 Å². The number of anilines is 1. The Morgan fingerprint density at radius 2 is 2.11 bits per heavy atom. The van der Waals surface area contributed by atoms with Crippen LogP contribution < -0.4 is 17.0 Å². The van der Waals surface area contributed by atoms with E-state index in [2.05, 4.69) is 10.4 Å². The van der Waals surface area contributed by atoms with Crippen molar-refractivity contribution in [3.63, 3.8) is 0 Å². The summed E-state index contributed by atoms with van der Waals surface area (Å²) in [6, 6.07) is 8.26. The van der Waals surface area contributed by atoms with Crippen LogP contribution in [0.15, 0.2) is 36.5 Å². The Kier molecular flexibility index (Phi) is 4.09. The molecule has 4 nitrogen and oxygen atoms in total. The number of nitrogen functional groups attached to an aromatic ring is 1. The summed E-state index contributed by atoms with van der Waals surface area (Å²) in [5.74, 6) is 5.72. The molecule has 0 bridgehead atoms. The topological polar surface area (TPSA) is 77.0 Å². The number of rotatable bonds is 4. The fourth-order valence-corrected chi connectivity index (χ4v) is 2.02. The fourth-order valence-electron chi connectivity index (χ4n) is 2.02. The van der Waals surface area contributed by atoms with Gasteiger partial charge in [0.1, 0.15) is 11.6 Å². The molecule has 5 N–H and O–H groups in total. The molecule has 0 aliphatic rings. The normalized spacial score (nSPS) is 12.4. The number of aryl methyl sites for hydroxylation is 1. The number of pyridine rings is 1. The van der Waals surface area contributed by atoms with Gasteiger partial charge in [-0.05, 0) is 36.6 Å². The average Bonchev–Trinajstić information content (AvgIpc) is 2.41. The molecule has 0 aliphatic heterocycles. The van der Waals surface area contributed by atoms with Gasteiger partial charge in [-0.1, -0.05) is 18.2 Å². The van der Waals surface area contributed by atoms with E-state index in [0.717, 1.165) is 11.1 Å². The number of hydrogen-bond acceptors (Lipinski definition) is 4. The van der Waals surface area contributed by atoms with Crippen molar-refractivity contribution in [2.45, 2.75) is 19.4 Å².